The van der Waals surface area contributed by atoms with Crippen LogP contribution in [0.1, 0.15) is 5.56 Å². The van der Waals surface area contributed by atoms with Gasteiger partial charge in [0.1, 0.15) is 11.1 Å². The maximum Gasteiger partial charge on any atom is 0.291 e. The third-order valence-corrected chi connectivity index (χ3v) is 7.59. The largest absolute Gasteiger partial charge is 0.324 e. The van der Waals surface area contributed by atoms with Gasteiger partial charge in [0.15, 0.2) is 5.82 Å². The molecule has 2 amide bonds. The lowest BCUT2D eigenvalue weighted by atomic mass is 10.1. The number of benzene rings is 2. The Morgan fingerprint density at radius 2 is 1.91 bits per heavy atom. The van der Waals surface area contributed by atoms with Gasteiger partial charge in [-0.2, -0.15) is 9.50 Å². The van der Waals surface area contributed by atoms with Gasteiger partial charge in [0.05, 0.1) is 16.1 Å². The molecule has 1 N–H and O–H groups in total. The zero-order valence-corrected chi connectivity index (χ0v) is 20.2. The summed E-state index contributed by atoms with van der Waals surface area (Å²) in [5.41, 5.74) is 1.51. The molecule has 2 aromatic carbocycles. The lowest BCUT2D eigenvalue weighted by Gasteiger charge is -2.16. The van der Waals surface area contributed by atoms with Gasteiger partial charge in [-0.25, -0.2) is 0 Å². The number of para-hydroxylation sites is 1. The lowest BCUT2D eigenvalue weighted by molar-refractivity contribution is -0.118. The molecule has 0 radical (unpaired) electrons. The second kappa shape index (κ2) is 8.42. The summed E-state index contributed by atoms with van der Waals surface area (Å²) in [5, 5.41) is 9.51. The first-order valence-electron chi connectivity index (χ1n) is 10.4. The predicted octanol–water partition coefficient (Wildman–Crippen LogP) is 3.44. The highest BCUT2D eigenvalue weighted by atomic mass is 35.5. The molecule has 0 atom stereocenters. The Morgan fingerprint density at radius 1 is 1.06 bits per heavy atom. The van der Waals surface area contributed by atoms with Gasteiger partial charge >= 0.3 is 0 Å². The number of anilines is 2. The van der Waals surface area contributed by atoms with Gasteiger partial charge in [-0.15, -0.1) is 16.4 Å². The monoisotopic (exact) mass is 519 g/mol. The van der Waals surface area contributed by atoms with Gasteiger partial charge in [-0.1, -0.05) is 53.3 Å². The first-order valence-corrected chi connectivity index (χ1v) is 12.5. The van der Waals surface area contributed by atoms with Crippen molar-refractivity contribution in [2.45, 2.75) is 0 Å². The summed E-state index contributed by atoms with van der Waals surface area (Å²) in [6.07, 6.45) is 0. The van der Waals surface area contributed by atoms with Gasteiger partial charge in [0.25, 0.3) is 11.5 Å². The molecule has 0 spiro atoms. The van der Waals surface area contributed by atoms with Crippen molar-refractivity contribution in [3.05, 3.63) is 91.5 Å². The fourth-order valence-electron chi connectivity index (χ4n) is 3.96. The summed E-state index contributed by atoms with van der Waals surface area (Å²) >= 11 is 8.59. The van der Waals surface area contributed by atoms with Crippen LogP contribution >= 0.6 is 34.3 Å². The van der Waals surface area contributed by atoms with Crippen LogP contribution in [0.2, 0.25) is 5.02 Å². The number of hydrogen-bond donors (Lipinski definition) is 1. The minimum absolute atomic E-state index is 0.219. The molecular formula is C24H14ClN5O3S2. The van der Waals surface area contributed by atoms with Crippen LogP contribution in [0.25, 0.3) is 21.2 Å². The van der Waals surface area contributed by atoms with E-state index in [2.05, 4.69) is 15.4 Å². The van der Waals surface area contributed by atoms with E-state index < -0.39 is 11.5 Å². The van der Waals surface area contributed by atoms with E-state index in [0.717, 1.165) is 16.2 Å². The average molecular weight is 520 g/mol. The number of amides is 2. The molecule has 0 fully saturated rings. The summed E-state index contributed by atoms with van der Waals surface area (Å²) in [6.45, 7) is -0.219. The van der Waals surface area contributed by atoms with Crippen molar-refractivity contribution in [3.8, 4) is 10.7 Å². The third-order valence-electron chi connectivity index (χ3n) is 5.46. The van der Waals surface area contributed by atoms with E-state index >= 15 is 0 Å². The quantitative estimate of drug-likeness (QED) is 0.392. The number of halogens is 1. The van der Waals surface area contributed by atoms with Crippen molar-refractivity contribution >= 4 is 68.0 Å². The number of rotatable bonds is 4. The topological polar surface area (TPSA) is 96.7 Å². The molecule has 11 heteroatoms. The molecular weight excluding hydrogens is 506 g/mol. The Morgan fingerprint density at radius 3 is 2.69 bits per heavy atom. The molecule has 1 aliphatic heterocycles. The number of nitrogens with one attached hydrogen (secondary N) is 1. The number of carbonyl (C=O) groups excluding carboxylic acids is 2. The number of nitrogens with zero attached hydrogens (tertiary/aromatic N) is 4. The lowest BCUT2D eigenvalue weighted by Crippen LogP contribution is -2.37. The Hall–Kier alpha value is -3.86. The Balaban J connectivity index is 1.40. The predicted molar refractivity (Wildman–Crippen MR) is 137 cm³/mol. The van der Waals surface area contributed by atoms with E-state index in [1.807, 2.05) is 17.5 Å². The number of fused-ring (bicyclic) bond motifs is 2. The second-order valence-electron chi connectivity index (χ2n) is 7.69. The van der Waals surface area contributed by atoms with Gasteiger partial charge < -0.3 is 5.32 Å². The summed E-state index contributed by atoms with van der Waals surface area (Å²) in [5.74, 6) is -0.341. The number of carbonyl (C=O) groups is 2. The van der Waals surface area contributed by atoms with Gasteiger partial charge in [-0.3, -0.25) is 19.3 Å². The zero-order valence-electron chi connectivity index (χ0n) is 17.8. The van der Waals surface area contributed by atoms with Crippen LogP contribution in [0.4, 0.5) is 11.4 Å². The molecule has 0 bridgehead atoms. The van der Waals surface area contributed by atoms with Crippen molar-refractivity contribution in [2.24, 2.45) is 0 Å². The molecule has 5 aromatic rings. The summed E-state index contributed by atoms with van der Waals surface area (Å²) in [7, 11) is 0. The Labute approximate surface area is 210 Å². The summed E-state index contributed by atoms with van der Waals surface area (Å²) in [4.78, 5) is 46.6. The number of aromatic nitrogens is 3. The van der Waals surface area contributed by atoms with E-state index in [1.165, 1.54) is 20.8 Å². The molecule has 0 saturated carbocycles. The highest BCUT2D eigenvalue weighted by Crippen LogP contribution is 2.35. The van der Waals surface area contributed by atoms with Crippen LogP contribution < -0.4 is 20.3 Å². The van der Waals surface area contributed by atoms with Crippen LogP contribution in [0.15, 0.2) is 70.8 Å². The van der Waals surface area contributed by atoms with Crippen LogP contribution in [0.5, 0.6) is 0 Å². The SMILES string of the molecule is O=C(CN1C(=O)/C(=c2\sc3nc(-c4cccs4)nn3c2=O)c2ccccc21)Nc1cccc(Cl)c1. The fourth-order valence-corrected chi connectivity index (χ4v) is 5.80. The van der Waals surface area contributed by atoms with E-state index in [9.17, 15) is 14.4 Å². The first kappa shape index (κ1) is 21.7. The Kier molecular flexibility index (Phi) is 5.21. The third kappa shape index (κ3) is 3.72. The van der Waals surface area contributed by atoms with Crippen molar-refractivity contribution in [1.29, 1.82) is 0 Å². The van der Waals surface area contributed by atoms with Crippen molar-refractivity contribution in [3.63, 3.8) is 0 Å². The highest BCUT2D eigenvalue weighted by Gasteiger charge is 2.35. The molecule has 172 valence electrons. The maximum atomic E-state index is 13.5. The van der Waals surface area contributed by atoms with Crippen LogP contribution in [-0.2, 0) is 9.59 Å². The number of hydrogen-bond acceptors (Lipinski definition) is 7. The molecule has 8 nitrogen and oxygen atoms in total. The Bertz CT molecular complexity index is 1740. The smallest absolute Gasteiger partial charge is 0.291 e. The second-order valence-corrected chi connectivity index (χ2v) is 10.0. The van der Waals surface area contributed by atoms with Gasteiger partial charge in [0, 0.05) is 16.3 Å². The van der Waals surface area contributed by atoms with E-state index in [0.29, 0.717) is 32.7 Å². The first-order chi connectivity index (χ1) is 17.0. The zero-order chi connectivity index (χ0) is 24.1. The van der Waals surface area contributed by atoms with Gasteiger partial charge in [0.2, 0.25) is 10.9 Å². The number of thiazole rings is 1. The van der Waals surface area contributed by atoms with E-state index in [-0.39, 0.29) is 22.6 Å². The van der Waals surface area contributed by atoms with E-state index in [4.69, 9.17) is 11.6 Å². The molecule has 0 aliphatic carbocycles. The van der Waals surface area contributed by atoms with Crippen molar-refractivity contribution < 1.29 is 9.59 Å². The van der Waals surface area contributed by atoms with Crippen molar-refractivity contribution in [2.75, 3.05) is 16.8 Å². The molecule has 6 rings (SSSR count). The van der Waals surface area contributed by atoms with Crippen LogP contribution in [0.3, 0.4) is 0 Å². The maximum absolute atomic E-state index is 13.5. The standard InChI is InChI=1S/C24H14ClN5O3S2/c25-13-5-3-6-14(11-13)26-18(31)12-29-16-8-2-1-7-15(16)19(22(29)32)20-23(33)30-24(35-20)27-21(28-30)17-9-4-10-34-17/h1-11H,12H2,(H,26,31)/b20-19-. The molecule has 35 heavy (non-hydrogen) atoms. The minimum atomic E-state index is -0.424. The van der Waals surface area contributed by atoms with E-state index in [1.54, 1.807) is 48.5 Å². The van der Waals surface area contributed by atoms with Crippen molar-refractivity contribution in [1.82, 2.24) is 14.6 Å². The average Bonchev–Trinajstić information content (AvgIpc) is 3.60. The summed E-state index contributed by atoms with van der Waals surface area (Å²) in [6, 6.07) is 17.6. The van der Waals surface area contributed by atoms with Crippen LogP contribution in [-0.4, -0.2) is 33.0 Å². The van der Waals surface area contributed by atoms with Gasteiger partial charge in [-0.05, 0) is 35.7 Å². The number of thiophene rings is 1. The molecule has 0 unspecified atom stereocenters. The normalized spacial score (nSPS) is 14.5. The van der Waals surface area contributed by atoms with Crippen LogP contribution in [0, 0.1) is 0 Å². The minimum Gasteiger partial charge on any atom is -0.324 e. The molecule has 4 heterocycles. The highest BCUT2D eigenvalue weighted by molar-refractivity contribution is 7.15. The summed E-state index contributed by atoms with van der Waals surface area (Å²) < 4.78 is 1.47. The molecule has 0 saturated heterocycles. The molecule has 3 aromatic heterocycles. The fraction of sp³-hybridized carbons (Fsp3) is 0.0417. The molecule has 1 aliphatic rings.